The Kier molecular flexibility index (Phi) is 5.21. The Morgan fingerprint density at radius 1 is 1.32 bits per heavy atom. The Balaban J connectivity index is 2.88. The summed E-state index contributed by atoms with van der Waals surface area (Å²) in [6.45, 7) is 0. The molecule has 1 aromatic carbocycles. The van der Waals surface area contributed by atoms with Gasteiger partial charge in [-0.2, -0.15) is 28.8 Å². The molecule has 0 atom stereocenters. The minimum absolute atomic E-state index is 0.00898. The number of halogens is 4. The van der Waals surface area contributed by atoms with E-state index < -0.39 is 5.51 Å². The van der Waals surface area contributed by atoms with Gasteiger partial charge >= 0.3 is 5.51 Å². The van der Waals surface area contributed by atoms with Crippen molar-refractivity contribution < 1.29 is 13.2 Å². The molecule has 19 heavy (non-hydrogen) atoms. The van der Waals surface area contributed by atoms with Crippen molar-refractivity contribution in [3.8, 4) is 12.1 Å². The van der Waals surface area contributed by atoms with Crippen LogP contribution in [-0.4, -0.2) is 11.2 Å². The van der Waals surface area contributed by atoms with E-state index in [1.54, 1.807) is 12.1 Å². The van der Waals surface area contributed by atoms with Gasteiger partial charge in [0.15, 0.2) is 0 Å². The Morgan fingerprint density at radius 2 is 1.95 bits per heavy atom. The minimum Gasteiger partial charge on any atom is -0.275 e. The topological polar surface area (TPSA) is 72.0 Å². The van der Waals surface area contributed by atoms with Gasteiger partial charge in [0.2, 0.25) is 5.71 Å². The van der Waals surface area contributed by atoms with Crippen LogP contribution in [0.3, 0.4) is 0 Å². The molecule has 0 aliphatic carbocycles. The van der Waals surface area contributed by atoms with E-state index in [1.807, 2.05) is 0 Å². The lowest BCUT2D eigenvalue weighted by atomic mass is 10.3. The molecule has 4 nitrogen and oxygen atoms in total. The highest BCUT2D eigenvalue weighted by Crippen LogP contribution is 2.39. The zero-order chi connectivity index (χ0) is 14.5. The lowest BCUT2D eigenvalue weighted by Gasteiger charge is -2.08. The molecule has 0 bridgehead atoms. The van der Waals surface area contributed by atoms with Crippen LogP contribution in [0.5, 0.6) is 0 Å². The summed E-state index contributed by atoms with van der Waals surface area (Å²) >= 11 is 2.83. The third-order valence-electron chi connectivity index (χ3n) is 1.67. The van der Waals surface area contributed by atoms with E-state index in [0.29, 0.717) is 10.2 Å². The first-order valence-corrected chi connectivity index (χ1v) is 6.16. The fourth-order valence-electron chi connectivity index (χ4n) is 0.975. The fraction of sp³-hybridized carbons (Fsp3) is 0.100. The first kappa shape index (κ1) is 15.3. The summed E-state index contributed by atoms with van der Waals surface area (Å²) in [5, 5.41) is 20.4. The summed E-state index contributed by atoms with van der Waals surface area (Å²) in [7, 11) is 0. The molecule has 98 valence electrons. The Labute approximate surface area is 119 Å². The lowest BCUT2D eigenvalue weighted by molar-refractivity contribution is -0.0328. The molecule has 1 aromatic rings. The number of benzene rings is 1. The van der Waals surface area contributed by atoms with Crippen molar-refractivity contribution in [1.29, 1.82) is 10.5 Å². The first-order chi connectivity index (χ1) is 8.85. The van der Waals surface area contributed by atoms with E-state index in [0.717, 1.165) is 0 Å². The number of thioether (sulfide) groups is 1. The Bertz CT molecular complexity index is 570. The van der Waals surface area contributed by atoms with Gasteiger partial charge in [-0.3, -0.25) is 5.43 Å². The van der Waals surface area contributed by atoms with Gasteiger partial charge in [-0.15, -0.1) is 0 Å². The number of nitriles is 2. The van der Waals surface area contributed by atoms with Crippen LogP contribution in [0.4, 0.5) is 18.9 Å². The predicted octanol–water partition coefficient (Wildman–Crippen LogP) is 3.88. The normalized spacial score (nSPS) is 10.2. The average molecular weight is 349 g/mol. The van der Waals surface area contributed by atoms with Crippen molar-refractivity contribution in [3.05, 3.63) is 22.7 Å². The van der Waals surface area contributed by atoms with E-state index in [2.05, 4.69) is 26.5 Å². The van der Waals surface area contributed by atoms with E-state index in [9.17, 15) is 13.2 Å². The monoisotopic (exact) mass is 348 g/mol. The quantitative estimate of drug-likeness (QED) is 0.511. The number of alkyl halides is 3. The van der Waals surface area contributed by atoms with Crippen LogP contribution >= 0.6 is 27.7 Å². The molecule has 0 aliphatic heterocycles. The zero-order valence-electron chi connectivity index (χ0n) is 8.99. The molecular weight excluding hydrogens is 345 g/mol. The number of rotatable bonds is 3. The van der Waals surface area contributed by atoms with Gasteiger partial charge in [0, 0.05) is 9.37 Å². The van der Waals surface area contributed by atoms with Crippen LogP contribution in [0.2, 0.25) is 0 Å². The van der Waals surface area contributed by atoms with Crippen molar-refractivity contribution in [3.63, 3.8) is 0 Å². The molecule has 0 saturated heterocycles. The molecule has 0 aliphatic rings. The molecule has 0 aromatic heterocycles. The first-order valence-electron chi connectivity index (χ1n) is 4.55. The predicted molar refractivity (Wildman–Crippen MR) is 68.3 cm³/mol. The second kappa shape index (κ2) is 6.45. The van der Waals surface area contributed by atoms with Crippen LogP contribution in [-0.2, 0) is 0 Å². The SMILES string of the molecule is N#CC(C#N)=NNc1ccc(SC(F)(F)F)cc1Br. The second-order valence-corrected chi connectivity index (χ2v) is 4.98. The lowest BCUT2D eigenvalue weighted by Crippen LogP contribution is -2.00. The summed E-state index contributed by atoms with van der Waals surface area (Å²) in [5.41, 5.74) is -2.00. The molecule has 0 spiro atoms. The van der Waals surface area contributed by atoms with Crippen molar-refractivity contribution in [2.75, 3.05) is 5.43 Å². The smallest absolute Gasteiger partial charge is 0.275 e. The van der Waals surface area contributed by atoms with Crippen molar-refractivity contribution >= 4 is 39.1 Å². The number of hydrazone groups is 1. The standard InChI is InChI=1S/C10H4BrF3N4S/c11-8-3-7(19-10(12,13)14)1-2-9(8)18-17-6(4-15)5-16/h1-3,18H. The molecule has 1 N–H and O–H groups in total. The van der Waals surface area contributed by atoms with Gasteiger partial charge in [-0.05, 0) is 45.9 Å². The summed E-state index contributed by atoms with van der Waals surface area (Å²) in [4.78, 5) is 0.00898. The van der Waals surface area contributed by atoms with Gasteiger partial charge in [0.25, 0.3) is 0 Å². The highest BCUT2D eigenvalue weighted by atomic mass is 79.9. The Hall–Kier alpha value is -1.71. The molecule has 0 radical (unpaired) electrons. The van der Waals surface area contributed by atoms with Gasteiger partial charge < -0.3 is 0 Å². The summed E-state index contributed by atoms with van der Waals surface area (Å²) < 4.78 is 36.8. The number of hydrogen-bond donors (Lipinski definition) is 1. The maximum absolute atomic E-state index is 12.2. The summed E-state index contributed by atoms with van der Waals surface area (Å²) in [6.07, 6.45) is 0. The summed E-state index contributed by atoms with van der Waals surface area (Å²) in [6, 6.07) is 6.95. The van der Waals surface area contributed by atoms with E-state index >= 15 is 0 Å². The minimum atomic E-state index is -4.36. The molecule has 1 rings (SSSR count). The van der Waals surface area contributed by atoms with Crippen LogP contribution in [0.25, 0.3) is 0 Å². The molecule has 0 amide bonds. The van der Waals surface area contributed by atoms with E-state index in [4.69, 9.17) is 10.5 Å². The highest BCUT2D eigenvalue weighted by molar-refractivity contribution is 9.10. The van der Waals surface area contributed by atoms with Crippen LogP contribution < -0.4 is 5.43 Å². The second-order valence-electron chi connectivity index (χ2n) is 2.99. The number of anilines is 1. The molecule has 0 saturated carbocycles. The molecule has 0 heterocycles. The van der Waals surface area contributed by atoms with E-state index in [-0.39, 0.29) is 22.4 Å². The zero-order valence-corrected chi connectivity index (χ0v) is 11.4. The molecule has 0 unspecified atom stereocenters. The molecule has 9 heteroatoms. The fourth-order valence-corrected chi connectivity index (χ4v) is 2.17. The Morgan fingerprint density at radius 3 is 2.42 bits per heavy atom. The van der Waals surface area contributed by atoms with Crippen molar-refractivity contribution in [1.82, 2.24) is 0 Å². The number of nitrogens with one attached hydrogen (secondary N) is 1. The van der Waals surface area contributed by atoms with Gasteiger partial charge in [0.05, 0.1) is 5.69 Å². The maximum Gasteiger partial charge on any atom is 0.446 e. The van der Waals surface area contributed by atoms with Crippen LogP contribution in [0, 0.1) is 22.7 Å². The van der Waals surface area contributed by atoms with Crippen LogP contribution in [0.1, 0.15) is 0 Å². The highest BCUT2D eigenvalue weighted by Gasteiger charge is 2.29. The van der Waals surface area contributed by atoms with Gasteiger partial charge in [0.1, 0.15) is 12.1 Å². The average Bonchev–Trinajstić information content (AvgIpc) is 2.30. The van der Waals surface area contributed by atoms with E-state index in [1.165, 1.54) is 18.2 Å². The van der Waals surface area contributed by atoms with Gasteiger partial charge in [-0.1, -0.05) is 0 Å². The largest absolute Gasteiger partial charge is 0.446 e. The summed E-state index contributed by atoms with van der Waals surface area (Å²) in [5.74, 6) is 0. The molecular formula is C10H4BrF3N4S. The van der Waals surface area contributed by atoms with Gasteiger partial charge in [-0.25, -0.2) is 0 Å². The number of nitrogens with zero attached hydrogens (tertiary/aromatic N) is 3. The third-order valence-corrected chi connectivity index (χ3v) is 3.05. The van der Waals surface area contributed by atoms with Crippen molar-refractivity contribution in [2.24, 2.45) is 5.10 Å². The molecule has 0 fully saturated rings. The number of hydrogen-bond acceptors (Lipinski definition) is 5. The van der Waals surface area contributed by atoms with Crippen molar-refractivity contribution in [2.45, 2.75) is 10.4 Å². The maximum atomic E-state index is 12.2. The van der Waals surface area contributed by atoms with Crippen LogP contribution in [0.15, 0.2) is 32.7 Å². The third kappa shape index (κ3) is 5.20.